The molecule has 4 N–H and O–H groups in total. The molecule has 3 saturated heterocycles. The van der Waals surface area contributed by atoms with Crippen molar-refractivity contribution in [1.29, 1.82) is 0 Å². The summed E-state index contributed by atoms with van der Waals surface area (Å²) in [5.74, 6) is 0.170. The minimum atomic E-state index is -4.56. The Hall–Kier alpha value is -7.48. The number of carbonyl (C=O) groups is 1. The number of halogens is 20. The smallest absolute Gasteiger partial charge is 0.444 e. The largest absolute Gasteiger partial charge is 0.489 e. The van der Waals surface area contributed by atoms with Gasteiger partial charge in [-0.3, -0.25) is 9.97 Å². The summed E-state index contributed by atoms with van der Waals surface area (Å²) in [4.78, 5) is 26.4. The number of nitrogens with one attached hydrogen (secondary N) is 2. The Morgan fingerprint density at radius 1 is 0.504 bits per heavy atom. The quantitative estimate of drug-likeness (QED) is 0.0517. The molecule has 0 aliphatic carbocycles. The molecule has 3 aliphatic heterocycles. The molecule has 0 radical (unpaired) electrons. The van der Waals surface area contributed by atoms with Crippen molar-refractivity contribution in [1.82, 2.24) is 35.3 Å². The zero-order valence-electron chi connectivity index (χ0n) is 65.8. The van der Waals surface area contributed by atoms with Crippen LogP contribution < -0.4 is 16.1 Å². The molecule has 119 heavy (non-hydrogen) atoms. The lowest BCUT2D eigenvalue weighted by atomic mass is 9.77. The van der Waals surface area contributed by atoms with Gasteiger partial charge in [-0.05, 0) is 272 Å². The fourth-order valence-electron chi connectivity index (χ4n) is 14.2. The van der Waals surface area contributed by atoms with Gasteiger partial charge in [0, 0.05) is 55.3 Å². The molecule has 11 nitrogen and oxygen atoms in total. The number of likely N-dealkylation sites (tertiary alicyclic amines) is 2. The summed E-state index contributed by atoms with van der Waals surface area (Å²) in [7, 11) is 1.54. The van der Waals surface area contributed by atoms with Crippen LogP contribution in [-0.4, -0.2) is 133 Å². The molecule has 0 saturated carbocycles. The minimum absolute atomic E-state index is 0.0176. The van der Waals surface area contributed by atoms with Crippen molar-refractivity contribution in [2.75, 3.05) is 79.5 Å². The predicted octanol–water partition coefficient (Wildman–Crippen LogP) is 24.0. The van der Waals surface area contributed by atoms with E-state index in [1.165, 1.54) is 73.1 Å². The lowest BCUT2D eigenvalue weighted by molar-refractivity contribution is -0.139. The molecule has 2 aromatic heterocycles. The van der Waals surface area contributed by atoms with E-state index < -0.39 is 83.0 Å². The number of aromatic nitrogens is 2. The average Bonchev–Trinajstić information content (AvgIpc) is 0.818. The second-order valence-electron chi connectivity index (χ2n) is 29.7. The monoisotopic (exact) mass is 1820 g/mol. The van der Waals surface area contributed by atoms with Crippen LogP contribution in [0.3, 0.4) is 0 Å². The molecule has 2 atom stereocenters. The SMILES string of the molecule is Brc1ccncc1.CN(C[C@@H](CCN1CCC(c2ccccc2C(F)(F)F)CC1)c1ccc(Cl)c(Cl)c1)C(=O)OC(C)(C)C.CNC[C@@H](CCN1CCC(c2ccccc2C(F)(F)F)CC1)c1ccc(Cl)c(Cl)c1.FC(F)(F)c1ccccc1-c1ccncc1.FC(F)(F)c1ccccc1C1CCNCC1.OB(O)c1ccccc1C(F)(F)F. The summed E-state index contributed by atoms with van der Waals surface area (Å²) in [5, 5.41) is 25.7. The maximum absolute atomic E-state index is 13.5. The third-order valence-corrected chi connectivity index (χ3v) is 22.1. The van der Waals surface area contributed by atoms with E-state index in [-0.39, 0.29) is 29.2 Å². The van der Waals surface area contributed by atoms with Gasteiger partial charge in [0.25, 0.3) is 0 Å². The number of piperidine rings is 3. The van der Waals surface area contributed by atoms with Gasteiger partial charge in [-0.1, -0.05) is 172 Å². The minimum Gasteiger partial charge on any atom is -0.444 e. The van der Waals surface area contributed by atoms with Crippen LogP contribution in [0.25, 0.3) is 11.1 Å². The number of likely N-dealkylation sites (N-methyl/N-ethyl adjacent to an activating group) is 2. The van der Waals surface area contributed by atoms with E-state index in [4.69, 9.17) is 61.2 Å². The Kier molecular flexibility index (Phi) is 38.2. The van der Waals surface area contributed by atoms with E-state index in [2.05, 4.69) is 46.3 Å². The Morgan fingerprint density at radius 3 is 1.24 bits per heavy atom. The van der Waals surface area contributed by atoms with E-state index in [0.717, 1.165) is 118 Å². The zero-order chi connectivity index (χ0) is 87.5. The van der Waals surface area contributed by atoms with Crippen LogP contribution in [0.15, 0.2) is 211 Å². The van der Waals surface area contributed by atoms with Gasteiger partial charge in [-0.15, -0.1) is 0 Å². The third kappa shape index (κ3) is 32.1. The summed E-state index contributed by atoms with van der Waals surface area (Å²) < 4.78 is 200. The number of rotatable bonds is 17. The molecule has 0 bridgehead atoms. The normalized spacial score (nSPS) is 15.3. The van der Waals surface area contributed by atoms with Crippen molar-refractivity contribution in [3.63, 3.8) is 0 Å². The predicted molar refractivity (Wildman–Crippen MR) is 444 cm³/mol. The summed E-state index contributed by atoms with van der Waals surface area (Å²) in [6, 6.07) is 45.8. The fourth-order valence-corrected chi connectivity index (χ4v) is 15.0. The van der Waals surface area contributed by atoms with Gasteiger partial charge in [0.15, 0.2) is 0 Å². The van der Waals surface area contributed by atoms with Gasteiger partial charge >= 0.3 is 44.1 Å². The maximum atomic E-state index is 13.5. The maximum Gasteiger partial charge on any atom is 0.489 e. The van der Waals surface area contributed by atoms with Crippen LogP contribution in [0.5, 0.6) is 0 Å². The Labute approximate surface area is 713 Å². The molecular formula is C87H94BBrCl4F15N7O4. The summed E-state index contributed by atoms with van der Waals surface area (Å²) in [5.41, 5.74) is -0.169. The highest BCUT2D eigenvalue weighted by atomic mass is 79.9. The molecule has 644 valence electrons. The lowest BCUT2D eigenvalue weighted by Crippen LogP contribution is -2.38. The van der Waals surface area contributed by atoms with Crippen LogP contribution >= 0.6 is 62.3 Å². The van der Waals surface area contributed by atoms with Gasteiger partial charge in [0.05, 0.1) is 47.9 Å². The summed E-state index contributed by atoms with van der Waals surface area (Å²) in [6.45, 7) is 13.0. The van der Waals surface area contributed by atoms with Gasteiger partial charge in [0.2, 0.25) is 0 Å². The standard InChI is InChI=1S/C28H35Cl2F3N2O2.C23H27Cl2F3N2.C12H14F3N.C12H8F3N.C7H6BF3O2.C5H4BrN/c1-27(2,3)37-26(36)34(4)18-21(20-9-10-24(29)25(30)17-20)13-16-35-14-11-19(12-15-35)22-7-5-6-8-23(22)28(31,32)33;1-29-15-18(17-6-7-21(24)22(25)14-17)10-13-30-11-8-16(9-12-30)19-4-2-3-5-20(19)23(26,27)28;2*13-12(14,15)11-4-2-1-3-10(11)9-5-7-16-8-6-9;9-7(10,11)5-3-1-2-4-6(5)8(12)13;6-5-1-3-7-4-2-5/h5-10,17,19,21H,11-16,18H2,1-4H3;2-7,14,16,18,29H,8-13,15H2,1H3;1-4,9,16H,5-8H2;1-8H;1-4,12-13H;1-4H/t21-;18-;;;;/m11..../s1. The molecule has 5 heterocycles. The number of hydrogen-bond donors (Lipinski definition) is 4. The fraction of sp³-hybridized carbons (Fsp3) is 0.391. The van der Waals surface area contributed by atoms with Crippen molar-refractivity contribution >= 4 is 81.0 Å². The van der Waals surface area contributed by atoms with Crippen LogP contribution in [0.2, 0.25) is 20.1 Å². The van der Waals surface area contributed by atoms with Crippen LogP contribution in [0.4, 0.5) is 70.7 Å². The topological polar surface area (TPSA) is 126 Å². The third-order valence-electron chi connectivity index (χ3n) is 20.1. The Bertz CT molecular complexity index is 4570. The van der Waals surface area contributed by atoms with E-state index in [1.54, 1.807) is 85.0 Å². The number of hydrogen-bond acceptors (Lipinski definition) is 10. The highest BCUT2D eigenvalue weighted by Gasteiger charge is 2.40. The lowest BCUT2D eigenvalue weighted by Gasteiger charge is -2.34. The molecular weight excluding hydrogens is 1720 g/mol. The van der Waals surface area contributed by atoms with E-state index >= 15 is 0 Å². The van der Waals surface area contributed by atoms with Gasteiger partial charge in [0.1, 0.15) is 5.60 Å². The van der Waals surface area contributed by atoms with E-state index in [0.29, 0.717) is 80.7 Å². The molecule has 32 heteroatoms. The van der Waals surface area contributed by atoms with E-state index in [9.17, 15) is 70.7 Å². The van der Waals surface area contributed by atoms with Crippen molar-refractivity contribution in [3.8, 4) is 11.1 Å². The highest BCUT2D eigenvalue weighted by molar-refractivity contribution is 9.10. The molecule has 9 aromatic rings. The molecule has 0 unspecified atom stereocenters. The first kappa shape index (κ1) is 98.6. The zero-order valence-corrected chi connectivity index (χ0v) is 70.4. The number of pyridine rings is 2. The van der Waals surface area contributed by atoms with Gasteiger partial charge in [-0.25, -0.2) is 4.79 Å². The van der Waals surface area contributed by atoms with Crippen LogP contribution in [-0.2, 0) is 35.6 Å². The second kappa shape index (κ2) is 46.1. The number of alkyl halides is 15. The van der Waals surface area contributed by atoms with Crippen LogP contribution in [0.1, 0.15) is 157 Å². The first-order valence-electron chi connectivity index (χ1n) is 38.3. The van der Waals surface area contributed by atoms with Gasteiger partial charge in [-0.2, -0.15) is 65.9 Å². The molecule has 1 amide bonds. The first-order chi connectivity index (χ1) is 56.0. The molecule has 7 aromatic carbocycles. The Morgan fingerprint density at radius 2 is 0.866 bits per heavy atom. The number of carbonyl (C=O) groups excluding carboxylic acids is 1. The number of amides is 1. The average molecular weight is 1820 g/mol. The van der Waals surface area contributed by atoms with Crippen molar-refractivity contribution < 1.29 is 85.4 Å². The van der Waals surface area contributed by atoms with Crippen molar-refractivity contribution in [3.05, 3.63) is 287 Å². The van der Waals surface area contributed by atoms with Gasteiger partial charge < -0.3 is 40.1 Å². The molecule has 0 spiro atoms. The number of ether oxygens (including phenoxy) is 1. The molecule has 3 aliphatic rings. The number of nitrogens with zero attached hydrogens (tertiary/aromatic N) is 5. The second-order valence-corrected chi connectivity index (χ2v) is 32.2. The van der Waals surface area contributed by atoms with Crippen molar-refractivity contribution in [2.45, 2.75) is 138 Å². The Balaban J connectivity index is 0.000000211. The number of benzene rings is 7. The first-order valence-corrected chi connectivity index (χ1v) is 40.6. The van der Waals surface area contributed by atoms with Crippen LogP contribution in [0, 0.1) is 0 Å². The summed E-state index contributed by atoms with van der Waals surface area (Å²) >= 11 is 27.9. The highest BCUT2D eigenvalue weighted by Crippen LogP contribution is 2.44. The van der Waals surface area contributed by atoms with Crippen molar-refractivity contribution in [2.24, 2.45) is 0 Å². The molecule has 12 rings (SSSR count). The molecule has 3 fully saturated rings. The van der Waals surface area contributed by atoms with E-state index in [1.807, 2.05) is 70.3 Å². The summed E-state index contributed by atoms with van der Waals surface area (Å²) in [6.07, 6.45) is -9.65.